The summed E-state index contributed by atoms with van der Waals surface area (Å²) in [6, 6.07) is 2.38. The van der Waals surface area contributed by atoms with Gasteiger partial charge in [-0.2, -0.15) is 5.10 Å². The zero-order valence-electron chi connectivity index (χ0n) is 12.7. The molecule has 0 amide bonds. The van der Waals surface area contributed by atoms with Crippen molar-refractivity contribution in [1.29, 1.82) is 0 Å². The van der Waals surface area contributed by atoms with Crippen LogP contribution in [0.1, 0.15) is 47.0 Å². The van der Waals surface area contributed by atoms with E-state index >= 15 is 0 Å². The molecular formula is C15H23N3O. The van der Waals surface area contributed by atoms with Crippen LogP contribution in [0.2, 0.25) is 0 Å². The average Bonchev–Trinajstić information content (AvgIpc) is 2.78. The molecule has 0 aliphatic rings. The Kier molecular flexibility index (Phi) is 3.80. The van der Waals surface area contributed by atoms with Crippen molar-refractivity contribution in [2.45, 2.75) is 47.2 Å². The summed E-state index contributed by atoms with van der Waals surface area (Å²) in [7, 11) is 1.98. The van der Waals surface area contributed by atoms with E-state index in [9.17, 15) is 0 Å². The minimum atomic E-state index is 0.274. The van der Waals surface area contributed by atoms with Gasteiger partial charge in [0.15, 0.2) is 0 Å². The summed E-state index contributed by atoms with van der Waals surface area (Å²) in [5, 5.41) is 7.99. The summed E-state index contributed by atoms with van der Waals surface area (Å²) in [6.07, 6.45) is 0. The van der Waals surface area contributed by atoms with E-state index in [4.69, 9.17) is 4.42 Å². The van der Waals surface area contributed by atoms with Gasteiger partial charge in [-0.3, -0.25) is 4.68 Å². The lowest BCUT2D eigenvalue weighted by Crippen LogP contribution is -2.19. The van der Waals surface area contributed by atoms with Crippen LogP contribution in [0.5, 0.6) is 0 Å². The van der Waals surface area contributed by atoms with Gasteiger partial charge in [0.25, 0.3) is 0 Å². The highest BCUT2D eigenvalue weighted by Gasteiger charge is 2.14. The number of rotatable bonds is 4. The van der Waals surface area contributed by atoms with Gasteiger partial charge >= 0.3 is 0 Å². The molecule has 0 aliphatic heterocycles. The molecule has 1 N–H and O–H groups in total. The van der Waals surface area contributed by atoms with Gasteiger partial charge in [0.1, 0.15) is 11.5 Å². The van der Waals surface area contributed by atoms with Crippen LogP contribution in [-0.2, 0) is 13.6 Å². The molecule has 0 saturated heterocycles. The van der Waals surface area contributed by atoms with Gasteiger partial charge in [0.05, 0.1) is 5.69 Å². The molecule has 2 aromatic heterocycles. The molecule has 0 bridgehead atoms. The summed E-state index contributed by atoms with van der Waals surface area (Å²) in [4.78, 5) is 0. The molecule has 0 spiro atoms. The van der Waals surface area contributed by atoms with Crippen LogP contribution in [0.25, 0.3) is 0 Å². The third-order valence-corrected chi connectivity index (χ3v) is 3.79. The predicted octanol–water partition coefficient (Wildman–Crippen LogP) is 3.10. The van der Waals surface area contributed by atoms with E-state index in [1.54, 1.807) is 0 Å². The third kappa shape index (κ3) is 2.73. The summed E-state index contributed by atoms with van der Waals surface area (Å²) < 4.78 is 7.52. The molecule has 0 aromatic carbocycles. The molecule has 2 rings (SSSR count). The van der Waals surface area contributed by atoms with Crippen LogP contribution in [-0.4, -0.2) is 9.78 Å². The molecule has 2 heterocycles. The molecule has 0 aliphatic carbocycles. The molecule has 4 nitrogen and oxygen atoms in total. The number of nitrogens with zero attached hydrogens (tertiary/aromatic N) is 2. The molecule has 0 fully saturated rings. The van der Waals surface area contributed by atoms with E-state index < -0.39 is 0 Å². The number of hydrogen-bond donors (Lipinski definition) is 1. The topological polar surface area (TPSA) is 43.0 Å². The number of furan rings is 1. The molecular weight excluding hydrogens is 238 g/mol. The minimum absolute atomic E-state index is 0.274. The summed E-state index contributed by atoms with van der Waals surface area (Å²) >= 11 is 0. The fraction of sp³-hybridized carbons (Fsp3) is 0.533. The van der Waals surface area contributed by atoms with Crippen LogP contribution in [0.3, 0.4) is 0 Å². The highest BCUT2D eigenvalue weighted by atomic mass is 16.3. The Morgan fingerprint density at radius 2 is 2.00 bits per heavy atom. The molecule has 19 heavy (non-hydrogen) atoms. The van der Waals surface area contributed by atoms with Crippen LogP contribution < -0.4 is 5.32 Å². The quantitative estimate of drug-likeness (QED) is 0.919. The normalized spacial score (nSPS) is 12.9. The van der Waals surface area contributed by atoms with Crippen molar-refractivity contribution in [3.8, 4) is 0 Å². The van der Waals surface area contributed by atoms with Crippen molar-refractivity contribution in [1.82, 2.24) is 15.1 Å². The monoisotopic (exact) mass is 261 g/mol. The molecule has 0 saturated carbocycles. The minimum Gasteiger partial charge on any atom is -0.466 e. The van der Waals surface area contributed by atoms with Gasteiger partial charge in [-0.1, -0.05) is 0 Å². The van der Waals surface area contributed by atoms with Crippen molar-refractivity contribution >= 4 is 0 Å². The Labute approximate surface area is 114 Å². The lowest BCUT2D eigenvalue weighted by atomic mass is 10.1. The second-order valence-corrected chi connectivity index (χ2v) is 5.24. The van der Waals surface area contributed by atoms with Gasteiger partial charge in [-0.05, 0) is 40.7 Å². The predicted molar refractivity (Wildman–Crippen MR) is 76.1 cm³/mol. The fourth-order valence-corrected chi connectivity index (χ4v) is 2.52. The van der Waals surface area contributed by atoms with Crippen LogP contribution in [0.4, 0.5) is 0 Å². The van der Waals surface area contributed by atoms with E-state index in [2.05, 4.69) is 37.3 Å². The fourth-order valence-electron chi connectivity index (χ4n) is 2.52. The third-order valence-electron chi connectivity index (χ3n) is 3.79. The van der Waals surface area contributed by atoms with Gasteiger partial charge in [0.2, 0.25) is 0 Å². The first-order valence-corrected chi connectivity index (χ1v) is 6.69. The summed E-state index contributed by atoms with van der Waals surface area (Å²) in [5.74, 6) is 1.96. The van der Waals surface area contributed by atoms with Crippen molar-refractivity contribution in [3.63, 3.8) is 0 Å². The molecule has 1 atom stereocenters. The second-order valence-electron chi connectivity index (χ2n) is 5.24. The van der Waals surface area contributed by atoms with Crippen molar-refractivity contribution in [2.75, 3.05) is 0 Å². The maximum Gasteiger partial charge on any atom is 0.105 e. The zero-order valence-corrected chi connectivity index (χ0v) is 12.7. The van der Waals surface area contributed by atoms with E-state index in [1.807, 2.05) is 25.6 Å². The Morgan fingerprint density at radius 3 is 2.47 bits per heavy atom. The summed E-state index contributed by atoms with van der Waals surface area (Å²) in [6.45, 7) is 11.2. The highest BCUT2D eigenvalue weighted by Crippen LogP contribution is 2.22. The van der Waals surface area contributed by atoms with E-state index in [0.717, 1.165) is 23.8 Å². The average molecular weight is 261 g/mol. The zero-order chi connectivity index (χ0) is 14.2. The first-order valence-electron chi connectivity index (χ1n) is 6.69. The van der Waals surface area contributed by atoms with E-state index in [-0.39, 0.29) is 6.04 Å². The molecule has 104 valence electrons. The number of nitrogens with one attached hydrogen (secondary N) is 1. The van der Waals surface area contributed by atoms with Crippen molar-refractivity contribution < 1.29 is 4.42 Å². The number of hydrogen-bond acceptors (Lipinski definition) is 3. The van der Waals surface area contributed by atoms with Gasteiger partial charge in [0, 0.05) is 36.5 Å². The Balaban J connectivity index is 2.08. The maximum atomic E-state index is 5.58. The highest BCUT2D eigenvalue weighted by molar-refractivity contribution is 5.26. The number of aryl methyl sites for hydroxylation is 4. The van der Waals surface area contributed by atoms with Gasteiger partial charge in [-0.15, -0.1) is 0 Å². The van der Waals surface area contributed by atoms with Crippen molar-refractivity contribution in [2.24, 2.45) is 7.05 Å². The first-order chi connectivity index (χ1) is 8.90. The molecule has 0 radical (unpaired) electrons. The first kappa shape index (κ1) is 13.9. The Bertz CT molecular complexity index is 580. The Morgan fingerprint density at radius 1 is 1.32 bits per heavy atom. The maximum absolute atomic E-state index is 5.58. The molecule has 2 aromatic rings. The van der Waals surface area contributed by atoms with Crippen molar-refractivity contribution in [3.05, 3.63) is 40.1 Å². The van der Waals surface area contributed by atoms with Crippen LogP contribution in [0, 0.1) is 27.7 Å². The van der Waals surface area contributed by atoms with Gasteiger partial charge in [-0.25, -0.2) is 0 Å². The Hall–Kier alpha value is -1.55. The van der Waals surface area contributed by atoms with Crippen LogP contribution >= 0.6 is 0 Å². The molecule has 4 heteroatoms. The SMILES string of the molecule is Cc1cc(C(C)NCc2c(C)nn(C)c2C)c(C)o1. The summed E-state index contributed by atoms with van der Waals surface area (Å²) in [5.41, 5.74) is 4.83. The lowest BCUT2D eigenvalue weighted by Gasteiger charge is -2.13. The largest absolute Gasteiger partial charge is 0.466 e. The van der Waals surface area contributed by atoms with Gasteiger partial charge < -0.3 is 9.73 Å². The van der Waals surface area contributed by atoms with Crippen LogP contribution in [0.15, 0.2) is 10.5 Å². The van der Waals surface area contributed by atoms with E-state index in [1.165, 1.54) is 16.8 Å². The number of aromatic nitrogens is 2. The standard InChI is InChI=1S/C15H23N3O/c1-9-7-14(13(5)19-9)10(2)16-8-15-11(3)17-18(6)12(15)4/h7,10,16H,8H2,1-6H3. The lowest BCUT2D eigenvalue weighted by molar-refractivity contribution is 0.489. The molecule has 1 unspecified atom stereocenters. The smallest absolute Gasteiger partial charge is 0.105 e. The van der Waals surface area contributed by atoms with E-state index in [0.29, 0.717) is 0 Å². The second kappa shape index (κ2) is 5.21.